The van der Waals surface area contributed by atoms with Gasteiger partial charge in [0, 0.05) is 16.9 Å². The van der Waals surface area contributed by atoms with E-state index in [1.165, 1.54) is 37.7 Å². The highest BCUT2D eigenvalue weighted by Crippen LogP contribution is 2.33. The standard InChI is InChI=1S/C18H21BrN2/c19-17-10-16(11-21-12-17)18(20)15-8-6-14(7-9-15)13-4-2-1-3-5-13/h6-13,18H,1-5,20H2. The van der Waals surface area contributed by atoms with Crippen LogP contribution >= 0.6 is 15.9 Å². The topological polar surface area (TPSA) is 38.9 Å². The first-order valence-electron chi connectivity index (χ1n) is 7.70. The Bertz CT molecular complexity index is 588. The lowest BCUT2D eigenvalue weighted by molar-refractivity contribution is 0.443. The average Bonchev–Trinajstić information content (AvgIpc) is 2.55. The van der Waals surface area contributed by atoms with Crippen molar-refractivity contribution in [3.8, 4) is 0 Å². The molecule has 2 N–H and O–H groups in total. The molecule has 0 aliphatic heterocycles. The Morgan fingerprint density at radius 1 is 1.00 bits per heavy atom. The summed E-state index contributed by atoms with van der Waals surface area (Å²) in [6.45, 7) is 0. The number of nitrogens with zero attached hydrogens (tertiary/aromatic N) is 1. The van der Waals surface area contributed by atoms with Crippen molar-refractivity contribution in [2.24, 2.45) is 5.73 Å². The van der Waals surface area contributed by atoms with Crippen molar-refractivity contribution in [3.63, 3.8) is 0 Å². The van der Waals surface area contributed by atoms with Gasteiger partial charge in [0.25, 0.3) is 0 Å². The van der Waals surface area contributed by atoms with E-state index in [4.69, 9.17) is 5.73 Å². The highest BCUT2D eigenvalue weighted by Gasteiger charge is 2.16. The summed E-state index contributed by atoms with van der Waals surface area (Å²) in [5.41, 5.74) is 10.0. The summed E-state index contributed by atoms with van der Waals surface area (Å²) >= 11 is 3.45. The Labute approximate surface area is 134 Å². The smallest absolute Gasteiger partial charge is 0.0567 e. The van der Waals surface area contributed by atoms with Crippen LogP contribution in [0.15, 0.2) is 47.2 Å². The quantitative estimate of drug-likeness (QED) is 0.856. The fourth-order valence-electron chi connectivity index (χ4n) is 3.20. The van der Waals surface area contributed by atoms with Crippen molar-refractivity contribution in [2.75, 3.05) is 0 Å². The van der Waals surface area contributed by atoms with Gasteiger partial charge in [-0.3, -0.25) is 4.98 Å². The van der Waals surface area contributed by atoms with E-state index in [0.29, 0.717) is 0 Å². The second-order valence-electron chi connectivity index (χ2n) is 5.92. The lowest BCUT2D eigenvalue weighted by atomic mass is 9.83. The molecule has 0 bridgehead atoms. The van der Waals surface area contributed by atoms with Gasteiger partial charge in [-0.1, -0.05) is 43.5 Å². The van der Waals surface area contributed by atoms with Crippen molar-refractivity contribution < 1.29 is 0 Å². The predicted molar refractivity (Wildman–Crippen MR) is 90.2 cm³/mol. The van der Waals surface area contributed by atoms with Crippen LogP contribution in [0, 0.1) is 0 Å². The molecule has 0 amide bonds. The number of pyridine rings is 1. The molecule has 3 rings (SSSR count). The molecular weight excluding hydrogens is 324 g/mol. The molecule has 0 spiro atoms. The van der Waals surface area contributed by atoms with Gasteiger partial charge in [-0.25, -0.2) is 0 Å². The fourth-order valence-corrected chi connectivity index (χ4v) is 3.58. The van der Waals surface area contributed by atoms with E-state index < -0.39 is 0 Å². The second-order valence-corrected chi connectivity index (χ2v) is 6.83. The summed E-state index contributed by atoms with van der Waals surface area (Å²) in [5.74, 6) is 0.747. The molecule has 2 nitrogen and oxygen atoms in total. The summed E-state index contributed by atoms with van der Waals surface area (Å²) < 4.78 is 0.967. The zero-order valence-corrected chi connectivity index (χ0v) is 13.7. The summed E-state index contributed by atoms with van der Waals surface area (Å²) in [6.07, 6.45) is 10.4. The van der Waals surface area contributed by atoms with E-state index >= 15 is 0 Å². The van der Waals surface area contributed by atoms with Gasteiger partial charge in [-0.05, 0) is 57.4 Å². The van der Waals surface area contributed by atoms with Crippen LogP contribution in [0.2, 0.25) is 0 Å². The van der Waals surface area contributed by atoms with E-state index in [2.05, 4.69) is 45.2 Å². The maximum atomic E-state index is 6.35. The van der Waals surface area contributed by atoms with Crippen LogP contribution < -0.4 is 5.73 Å². The first-order chi connectivity index (χ1) is 10.2. The third-order valence-corrected chi connectivity index (χ3v) is 4.89. The molecule has 1 aromatic carbocycles. The Morgan fingerprint density at radius 3 is 2.38 bits per heavy atom. The monoisotopic (exact) mass is 344 g/mol. The van der Waals surface area contributed by atoms with Crippen molar-refractivity contribution >= 4 is 15.9 Å². The van der Waals surface area contributed by atoms with Crippen LogP contribution in [0.5, 0.6) is 0 Å². The molecule has 1 aromatic heterocycles. The minimum Gasteiger partial charge on any atom is -0.320 e. The highest BCUT2D eigenvalue weighted by atomic mass is 79.9. The molecular formula is C18H21BrN2. The van der Waals surface area contributed by atoms with Crippen LogP contribution in [0.25, 0.3) is 0 Å². The summed E-state index contributed by atoms with van der Waals surface area (Å²) in [4.78, 5) is 4.19. The molecule has 1 atom stereocenters. The van der Waals surface area contributed by atoms with Gasteiger partial charge < -0.3 is 5.73 Å². The van der Waals surface area contributed by atoms with E-state index in [0.717, 1.165) is 21.5 Å². The number of rotatable bonds is 3. The van der Waals surface area contributed by atoms with Gasteiger partial charge >= 0.3 is 0 Å². The van der Waals surface area contributed by atoms with Gasteiger partial charge in [0.05, 0.1) is 6.04 Å². The number of aromatic nitrogens is 1. The minimum atomic E-state index is -0.115. The maximum absolute atomic E-state index is 6.35. The van der Waals surface area contributed by atoms with Crippen molar-refractivity contribution in [1.82, 2.24) is 4.98 Å². The number of benzene rings is 1. The van der Waals surface area contributed by atoms with Gasteiger partial charge in [-0.2, -0.15) is 0 Å². The largest absolute Gasteiger partial charge is 0.320 e. The minimum absolute atomic E-state index is 0.115. The van der Waals surface area contributed by atoms with Crippen LogP contribution in [0.1, 0.15) is 60.8 Å². The fraction of sp³-hybridized carbons (Fsp3) is 0.389. The first-order valence-corrected chi connectivity index (χ1v) is 8.49. The van der Waals surface area contributed by atoms with E-state index in [1.807, 2.05) is 12.3 Å². The summed E-state index contributed by atoms with van der Waals surface area (Å²) in [6, 6.07) is 10.8. The van der Waals surface area contributed by atoms with Crippen molar-refractivity contribution in [2.45, 2.75) is 44.1 Å². The van der Waals surface area contributed by atoms with Crippen LogP contribution in [-0.4, -0.2) is 4.98 Å². The number of nitrogens with two attached hydrogens (primary N) is 1. The number of halogens is 1. The Kier molecular flexibility index (Phi) is 4.71. The van der Waals surface area contributed by atoms with Crippen molar-refractivity contribution in [1.29, 1.82) is 0 Å². The predicted octanol–water partition coefficient (Wildman–Crippen LogP) is 4.94. The molecule has 110 valence electrons. The number of hydrogen-bond donors (Lipinski definition) is 1. The van der Waals surface area contributed by atoms with Gasteiger partial charge in [0.15, 0.2) is 0 Å². The zero-order valence-electron chi connectivity index (χ0n) is 12.1. The Balaban J connectivity index is 1.77. The molecule has 0 saturated heterocycles. The Hall–Kier alpha value is -1.19. The normalized spacial score (nSPS) is 17.6. The maximum Gasteiger partial charge on any atom is 0.0567 e. The van der Waals surface area contributed by atoms with E-state index in [9.17, 15) is 0 Å². The van der Waals surface area contributed by atoms with E-state index in [-0.39, 0.29) is 6.04 Å². The highest BCUT2D eigenvalue weighted by molar-refractivity contribution is 9.10. The van der Waals surface area contributed by atoms with Crippen molar-refractivity contribution in [3.05, 3.63) is 63.9 Å². The molecule has 1 aliphatic carbocycles. The SMILES string of the molecule is NC(c1ccc(C2CCCCC2)cc1)c1cncc(Br)c1. The molecule has 2 aromatic rings. The first kappa shape index (κ1) is 14.7. The molecule has 3 heteroatoms. The second kappa shape index (κ2) is 6.71. The molecule has 1 saturated carbocycles. The molecule has 1 heterocycles. The lowest BCUT2D eigenvalue weighted by Crippen LogP contribution is -2.12. The van der Waals surface area contributed by atoms with Crippen LogP contribution in [0.3, 0.4) is 0 Å². The summed E-state index contributed by atoms with van der Waals surface area (Å²) in [7, 11) is 0. The van der Waals surface area contributed by atoms with Gasteiger partial charge in [-0.15, -0.1) is 0 Å². The van der Waals surface area contributed by atoms with E-state index in [1.54, 1.807) is 6.20 Å². The molecule has 21 heavy (non-hydrogen) atoms. The zero-order chi connectivity index (χ0) is 14.7. The van der Waals surface area contributed by atoms with Gasteiger partial charge in [0.1, 0.15) is 0 Å². The van der Waals surface area contributed by atoms with Crippen LogP contribution in [0.4, 0.5) is 0 Å². The average molecular weight is 345 g/mol. The van der Waals surface area contributed by atoms with Gasteiger partial charge in [0.2, 0.25) is 0 Å². The Morgan fingerprint density at radius 2 is 1.71 bits per heavy atom. The molecule has 1 unspecified atom stereocenters. The molecule has 0 radical (unpaired) electrons. The number of hydrogen-bond acceptors (Lipinski definition) is 2. The molecule has 1 aliphatic rings. The lowest BCUT2D eigenvalue weighted by Gasteiger charge is -2.22. The molecule has 1 fully saturated rings. The third kappa shape index (κ3) is 3.53. The summed E-state index contributed by atoms with van der Waals surface area (Å²) in [5, 5.41) is 0. The van der Waals surface area contributed by atoms with Crippen LogP contribution in [-0.2, 0) is 0 Å². The third-order valence-electron chi connectivity index (χ3n) is 4.46.